The van der Waals surface area contributed by atoms with Gasteiger partial charge in [-0.2, -0.15) is 0 Å². The Balaban J connectivity index is 2.90. The van der Waals surface area contributed by atoms with Crippen molar-refractivity contribution in [3.63, 3.8) is 0 Å². The molecular weight excluding hydrogens is 173 g/mol. The molecule has 1 heterocycles. The number of nitrogens with zero attached hydrogens (tertiary/aromatic N) is 1. The smallest absolute Gasteiger partial charge is 0.155 e. The van der Waals surface area contributed by atoms with Gasteiger partial charge in [-0.3, -0.25) is 0 Å². The molecule has 0 aliphatic heterocycles. The Hall–Kier alpha value is -0.470. The molecule has 0 bridgehead atoms. The van der Waals surface area contributed by atoms with Gasteiger partial charge >= 0.3 is 0 Å². The molecule has 0 atom stereocenters. The summed E-state index contributed by atoms with van der Waals surface area (Å²) in [5, 5.41) is 0.305. The second kappa shape index (κ2) is 3.08. The molecule has 0 N–H and O–H groups in total. The molecule has 2 nitrogen and oxygen atoms in total. The van der Waals surface area contributed by atoms with Crippen LogP contribution in [0.5, 0.6) is 5.75 Å². The summed E-state index contributed by atoms with van der Waals surface area (Å²) in [6.07, 6.45) is 1.16. The first-order valence-electron chi connectivity index (χ1n) is 3.88. The standard InChI is InChI=1S/C6H5Cl2NO/c1-10-5-3-9-6(8)2-4(5)7/h2-3H,1H3/i1D3. The first kappa shape index (κ1) is 4.42. The zero-order valence-electron chi connectivity index (χ0n) is 7.77. The van der Waals surface area contributed by atoms with Gasteiger partial charge in [-0.05, 0) is 6.07 Å². The zero-order chi connectivity index (χ0) is 10.1. The topological polar surface area (TPSA) is 22.1 Å². The average Bonchev–Trinajstić information content (AvgIpc) is 1.93. The highest BCUT2D eigenvalue weighted by Gasteiger charge is 1.99. The first-order valence-corrected chi connectivity index (χ1v) is 3.14. The summed E-state index contributed by atoms with van der Waals surface area (Å²) in [6, 6.07) is 1.31. The molecule has 1 aromatic rings. The summed E-state index contributed by atoms with van der Waals surface area (Å²) in [4.78, 5) is 3.63. The van der Waals surface area contributed by atoms with Crippen molar-refractivity contribution in [1.29, 1.82) is 0 Å². The Bertz CT molecular complexity index is 315. The summed E-state index contributed by atoms with van der Waals surface area (Å²) in [6.45, 7) is 0. The van der Waals surface area contributed by atoms with Gasteiger partial charge in [-0.1, -0.05) is 23.2 Å². The number of halogens is 2. The second-order valence-corrected chi connectivity index (χ2v) is 2.33. The van der Waals surface area contributed by atoms with Crippen molar-refractivity contribution < 1.29 is 8.85 Å². The van der Waals surface area contributed by atoms with Crippen LogP contribution in [0.4, 0.5) is 0 Å². The number of rotatable bonds is 1. The lowest BCUT2D eigenvalue weighted by atomic mass is 10.5. The van der Waals surface area contributed by atoms with Crippen LogP contribution in [0.1, 0.15) is 4.11 Å². The molecule has 0 aliphatic rings. The van der Waals surface area contributed by atoms with Gasteiger partial charge in [0.25, 0.3) is 0 Å². The van der Waals surface area contributed by atoms with E-state index in [2.05, 4.69) is 9.72 Å². The van der Waals surface area contributed by atoms with E-state index in [1.54, 1.807) is 0 Å². The van der Waals surface area contributed by atoms with E-state index in [9.17, 15) is 0 Å². The molecule has 1 aromatic heterocycles. The van der Waals surface area contributed by atoms with Gasteiger partial charge in [-0.15, -0.1) is 0 Å². The molecule has 0 aromatic carbocycles. The minimum absolute atomic E-state index is 0.00827. The number of pyridine rings is 1. The summed E-state index contributed by atoms with van der Waals surface area (Å²) in [5.74, 6) is -0.00827. The third kappa shape index (κ3) is 1.52. The Morgan fingerprint density at radius 1 is 1.70 bits per heavy atom. The van der Waals surface area contributed by atoms with Gasteiger partial charge in [0.2, 0.25) is 0 Å². The Kier molecular flexibility index (Phi) is 1.36. The summed E-state index contributed by atoms with van der Waals surface area (Å²) in [7, 11) is -2.53. The number of hydrogen-bond donors (Lipinski definition) is 0. The largest absolute Gasteiger partial charge is 0.494 e. The van der Waals surface area contributed by atoms with Gasteiger partial charge in [-0.25, -0.2) is 4.98 Å². The highest BCUT2D eigenvalue weighted by atomic mass is 35.5. The molecule has 1 rings (SSSR count). The zero-order valence-corrected chi connectivity index (χ0v) is 6.28. The van der Waals surface area contributed by atoms with Crippen molar-refractivity contribution in [3.05, 3.63) is 22.4 Å². The van der Waals surface area contributed by atoms with Crippen molar-refractivity contribution in [1.82, 2.24) is 4.98 Å². The molecule has 0 amide bonds. The van der Waals surface area contributed by atoms with Crippen LogP contribution in [0, 0.1) is 0 Å². The highest BCUT2D eigenvalue weighted by Crippen LogP contribution is 2.24. The Morgan fingerprint density at radius 3 is 3.10 bits per heavy atom. The van der Waals surface area contributed by atoms with Crippen LogP contribution in [0.3, 0.4) is 0 Å². The van der Waals surface area contributed by atoms with Crippen molar-refractivity contribution in [2.75, 3.05) is 7.04 Å². The molecule has 54 valence electrons. The molecule has 0 spiro atoms. The molecule has 0 saturated carbocycles. The lowest BCUT2D eigenvalue weighted by Crippen LogP contribution is -1.85. The Labute approximate surface area is 73.0 Å². The van der Waals surface area contributed by atoms with E-state index in [1.165, 1.54) is 6.07 Å². The third-order valence-electron chi connectivity index (χ3n) is 0.896. The average molecular weight is 181 g/mol. The fraction of sp³-hybridized carbons (Fsp3) is 0.167. The third-order valence-corrected chi connectivity index (χ3v) is 1.40. The Morgan fingerprint density at radius 2 is 2.50 bits per heavy atom. The second-order valence-electron chi connectivity index (χ2n) is 1.54. The van der Waals surface area contributed by atoms with Crippen LogP contribution < -0.4 is 4.74 Å². The van der Waals surface area contributed by atoms with Crippen LogP contribution in [-0.2, 0) is 0 Å². The highest BCUT2D eigenvalue weighted by molar-refractivity contribution is 6.34. The van der Waals surface area contributed by atoms with E-state index < -0.39 is 7.04 Å². The summed E-state index contributed by atoms with van der Waals surface area (Å²) < 4.78 is 25.0. The fourth-order valence-electron chi connectivity index (χ4n) is 0.470. The molecule has 0 radical (unpaired) electrons. The van der Waals surface area contributed by atoms with Crippen LogP contribution in [0.15, 0.2) is 12.3 Å². The molecule has 0 fully saturated rings. The van der Waals surface area contributed by atoms with Crippen LogP contribution in [0.2, 0.25) is 10.2 Å². The molecular formula is C6H5Cl2NO. The number of hydrogen-bond acceptors (Lipinski definition) is 2. The lowest BCUT2D eigenvalue weighted by Gasteiger charge is -1.99. The first-order chi connectivity index (χ1) is 5.88. The van der Waals surface area contributed by atoms with Crippen molar-refractivity contribution in [2.24, 2.45) is 0 Å². The normalized spacial score (nSPS) is 15.2. The van der Waals surface area contributed by atoms with Crippen molar-refractivity contribution in [2.45, 2.75) is 0 Å². The van der Waals surface area contributed by atoms with Crippen LogP contribution in [-0.4, -0.2) is 12.0 Å². The van der Waals surface area contributed by atoms with E-state index >= 15 is 0 Å². The van der Waals surface area contributed by atoms with Gasteiger partial charge in [0.15, 0.2) is 5.75 Å². The predicted molar refractivity (Wildman–Crippen MR) is 40.8 cm³/mol. The van der Waals surface area contributed by atoms with E-state index in [4.69, 9.17) is 27.3 Å². The molecule has 0 unspecified atom stereocenters. The maximum Gasteiger partial charge on any atom is 0.155 e. The van der Waals surface area contributed by atoms with Gasteiger partial charge in [0.1, 0.15) is 5.15 Å². The SMILES string of the molecule is [2H]C([2H])([2H])Oc1cnc(Cl)cc1Cl. The number of methoxy groups -OCH3 is 1. The maximum atomic E-state index is 6.81. The van der Waals surface area contributed by atoms with Gasteiger partial charge in [0, 0.05) is 0 Å². The van der Waals surface area contributed by atoms with E-state index in [1.807, 2.05) is 0 Å². The van der Waals surface area contributed by atoms with Crippen molar-refractivity contribution >= 4 is 23.2 Å². The quantitative estimate of drug-likeness (QED) is 0.620. The number of aromatic nitrogens is 1. The van der Waals surface area contributed by atoms with Gasteiger partial charge < -0.3 is 4.74 Å². The van der Waals surface area contributed by atoms with Crippen LogP contribution in [0.25, 0.3) is 0 Å². The minimum Gasteiger partial charge on any atom is -0.494 e. The predicted octanol–water partition coefficient (Wildman–Crippen LogP) is 2.40. The summed E-state index contributed by atoms with van der Waals surface area (Å²) in [5.41, 5.74) is 0. The molecule has 0 aliphatic carbocycles. The fourth-order valence-corrected chi connectivity index (χ4v) is 0.874. The minimum atomic E-state index is -2.53. The van der Waals surface area contributed by atoms with Gasteiger partial charge in [0.05, 0.1) is 22.4 Å². The molecule has 10 heavy (non-hydrogen) atoms. The van der Waals surface area contributed by atoms with E-state index in [0.29, 0.717) is 0 Å². The maximum absolute atomic E-state index is 6.81. The lowest BCUT2D eigenvalue weighted by molar-refractivity contribution is 0.413. The van der Waals surface area contributed by atoms with E-state index in [0.717, 1.165) is 6.20 Å². The van der Waals surface area contributed by atoms with E-state index in [-0.39, 0.29) is 15.9 Å². The molecule has 0 saturated heterocycles. The summed E-state index contributed by atoms with van der Waals surface area (Å²) >= 11 is 11.1. The van der Waals surface area contributed by atoms with Crippen molar-refractivity contribution in [3.8, 4) is 5.75 Å². The van der Waals surface area contributed by atoms with Crippen LogP contribution >= 0.6 is 23.2 Å². The monoisotopic (exact) mass is 180 g/mol. The molecule has 4 heteroatoms. The number of ether oxygens (including phenoxy) is 1.